The van der Waals surface area contributed by atoms with E-state index in [4.69, 9.17) is 14.2 Å². The fraction of sp³-hybridized carbons (Fsp3) is 0.300. The van der Waals surface area contributed by atoms with Gasteiger partial charge in [0.25, 0.3) is 0 Å². The van der Waals surface area contributed by atoms with E-state index in [2.05, 4.69) is 10.6 Å². The maximum Gasteiger partial charge on any atom is 0.325 e. The number of nitrogens with zero attached hydrogens (tertiary/aromatic N) is 1. The number of anilines is 1. The number of hydrogen-bond acceptors (Lipinski definition) is 6. The number of carbonyl (C=O) groups is 2. The number of methoxy groups -OCH3 is 1. The van der Waals surface area contributed by atoms with Gasteiger partial charge in [-0.25, -0.2) is 4.79 Å². The van der Waals surface area contributed by atoms with Crippen molar-refractivity contribution in [1.82, 2.24) is 10.2 Å². The van der Waals surface area contributed by atoms with Crippen LogP contribution < -0.4 is 24.8 Å². The van der Waals surface area contributed by atoms with E-state index >= 15 is 0 Å². The first kappa shape index (κ1) is 19.5. The first-order valence-corrected chi connectivity index (χ1v) is 8.85. The largest absolute Gasteiger partial charge is 0.497 e. The Kier molecular flexibility index (Phi) is 6.33. The van der Waals surface area contributed by atoms with Crippen LogP contribution in [0.3, 0.4) is 0 Å². The average molecular weight is 385 g/mol. The van der Waals surface area contributed by atoms with Crippen LogP contribution in [0, 0.1) is 0 Å². The van der Waals surface area contributed by atoms with E-state index in [1.165, 1.54) is 0 Å². The highest BCUT2D eigenvalue weighted by Crippen LogP contribution is 2.32. The highest BCUT2D eigenvalue weighted by atomic mass is 16.6. The minimum absolute atomic E-state index is 0.0752. The Hall–Kier alpha value is -3.26. The Labute approximate surface area is 163 Å². The molecule has 0 saturated carbocycles. The number of carbonyl (C=O) groups excluding carboxylic acids is 2. The molecule has 0 saturated heterocycles. The molecule has 28 heavy (non-hydrogen) atoms. The van der Waals surface area contributed by atoms with Crippen molar-refractivity contribution in [2.45, 2.75) is 6.54 Å². The molecule has 8 heteroatoms. The van der Waals surface area contributed by atoms with Gasteiger partial charge in [-0.05, 0) is 36.9 Å². The van der Waals surface area contributed by atoms with Gasteiger partial charge < -0.3 is 19.5 Å². The molecular weight excluding hydrogens is 362 g/mol. The van der Waals surface area contributed by atoms with E-state index in [0.717, 1.165) is 11.3 Å². The van der Waals surface area contributed by atoms with Crippen LogP contribution >= 0.6 is 0 Å². The summed E-state index contributed by atoms with van der Waals surface area (Å²) in [6, 6.07) is 12.1. The van der Waals surface area contributed by atoms with E-state index in [1.807, 2.05) is 29.2 Å². The number of amides is 3. The summed E-state index contributed by atoms with van der Waals surface area (Å²) in [4.78, 5) is 26.0. The van der Waals surface area contributed by atoms with Crippen LogP contribution in [-0.4, -0.2) is 50.8 Å². The zero-order valence-corrected chi connectivity index (χ0v) is 15.9. The van der Waals surface area contributed by atoms with Crippen molar-refractivity contribution in [3.05, 3.63) is 48.0 Å². The van der Waals surface area contributed by atoms with Gasteiger partial charge in [-0.3, -0.25) is 15.0 Å². The molecule has 0 radical (unpaired) electrons. The molecule has 3 rings (SSSR count). The Morgan fingerprint density at radius 3 is 2.68 bits per heavy atom. The molecule has 1 aliphatic heterocycles. The summed E-state index contributed by atoms with van der Waals surface area (Å²) in [5.74, 6) is 1.55. The number of ether oxygens (including phenoxy) is 3. The van der Waals surface area contributed by atoms with Gasteiger partial charge in [-0.1, -0.05) is 12.1 Å². The van der Waals surface area contributed by atoms with E-state index in [0.29, 0.717) is 36.9 Å². The summed E-state index contributed by atoms with van der Waals surface area (Å²) in [6.07, 6.45) is 0. The zero-order valence-electron chi connectivity index (χ0n) is 15.9. The summed E-state index contributed by atoms with van der Waals surface area (Å²) < 4.78 is 16.1. The van der Waals surface area contributed by atoms with Crippen LogP contribution in [0.2, 0.25) is 0 Å². The fourth-order valence-electron chi connectivity index (χ4n) is 2.83. The van der Waals surface area contributed by atoms with Gasteiger partial charge in [-0.15, -0.1) is 0 Å². The Morgan fingerprint density at radius 1 is 1.11 bits per heavy atom. The van der Waals surface area contributed by atoms with Gasteiger partial charge in [0.1, 0.15) is 19.0 Å². The van der Waals surface area contributed by atoms with E-state index in [9.17, 15) is 9.59 Å². The number of benzene rings is 2. The summed E-state index contributed by atoms with van der Waals surface area (Å²) in [5, 5.41) is 4.94. The molecule has 0 atom stereocenters. The maximum absolute atomic E-state index is 12.1. The third-order valence-electron chi connectivity index (χ3n) is 4.05. The van der Waals surface area contributed by atoms with Gasteiger partial charge in [0.15, 0.2) is 11.5 Å². The van der Waals surface area contributed by atoms with Crippen LogP contribution in [0.4, 0.5) is 10.5 Å². The van der Waals surface area contributed by atoms with Crippen molar-refractivity contribution in [2.75, 3.05) is 39.2 Å². The molecule has 0 spiro atoms. The number of hydrogen-bond donors (Lipinski definition) is 2. The molecule has 8 nitrogen and oxygen atoms in total. The minimum Gasteiger partial charge on any atom is -0.497 e. The fourth-order valence-corrected chi connectivity index (χ4v) is 2.83. The predicted octanol–water partition coefficient (Wildman–Crippen LogP) is 2.25. The van der Waals surface area contributed by atoms with Crippen molar-refractivity contribution < 1.29 is 23.8 Å². The molecular formula is C20H23N3O5. The monoisotopic (exact) mass is 385 g/mol. The van der Waals surface area contributed by atoms with Crippen molar-refractivity contribution in [1.29, 1.82) is 0 Å². The molecule has 1 aliphatic rings. The normalized spacial score (nSPS) is 12.4. The highest BCUT2D eigenvalue weighted by Gasteiger charge is 2.14. The Morgan fingerprint density at radius 2 is 1.89 bits per heavy atom. The molecule has 0 unspecified atom stereocenters. The van der Waals surface area contributed by atoms with Crippen molar-refractivity contribution in [3.8, 4) is 17.2 Å². The first-order chi connectivity index (χ1) is 13.5. The number of rotatable bonds is 6. The average Bonchev–Trinajstić information content (AvgIpc) is 2.67. The van der Waals surface area contributed by atoms with Crippen molar-refractivity contribution in [3.63, 3.8) is 0 Å². The van der Waals surface area contributed by atoms with E-state index < -0.39 is 11.9 Å². The molecule has 0 bridgehead atoms. The van der Waals surface area contributed by atoms with Crippen LogP contribution in [0.15, 0.2) is 42.5 Å². The lowest BCUT2D eigenvalue weighted by Gasteiger charge is -2.19. The molecule has 0 aromatic heterocycles. The first-order valence-electron chi connectivity index (χ1n) is 8.85. The van der Waals surface area contributed by atoms with Gasteiger partial charge in [0.05, 0.1) is 13.7 Å². The topological polar surface area (TPSA) is 89.1 Å². The number of nitrogens with one attached hydrogen (secondary N) is 2. The second-order valence-electron chi connectivity index (χ2n) is 6.38. The lowest BCUT2D eigenvalue weighted by Crippen LogP contribution is -2.40. The molecule has 2 N–H and O–H groups in total. The number of urea groups is 1. The number of fused-ring (bicyclic) bond motifs is 1. The summed E-state index contributed by atoms with van der Waals surface area (Å²) in [6.45, 7) is 1.58. The SMILES string of the molecule is COc1cccc(CN(C)CC(=O)NC(=O)Nc2ccc3c(c2)OCCO3)c1. The van der Waals surface area contributed by atoms with Gasteiger partial charge >= 0.3 is 6.03 Å². The van der Waals surface area contributed by atoms with E-state index in [1.54, 1.807) is 32.4 Å². The third-order valence-corrected chi connectivity index (χ3v) is 4.05. The molecule has 3 amide bonds. The molecule has 148 valence electrons. The smallest absolute Gasteiger partial charge is 0.325 e. The Balaban J connectivity index is 1.48. The van der Waals surface area contributed by atoms with Crippen LogP contribution in [0.1, 0.15) is 5.56 Å². The summed E-state index contributed by atoms with van der Waals surface area (Å²) in [7, 11) is 3.41. The van der Waals surface area contributed by atoms with Crippen LogP contribution in [-0.2, 0) is 11.3 Å². The van der Waals surface area contributed by atoms with Crippen molar-refractivity contribution in [2.24, 2.45) is 0 Å². The standard InChI is InChI=1S/C20H23N3O5/c1-23(12-14-4-3-5-16(10-14)26-2)13-19(24)22-20(25)21-15-6-7-17-18(11-15)28-9-8-27-17/h3-7,10-11H,8-9,12-13H2,1-2H3,(H2,21,22,24,25). The zero-order chi connectivity index (χ0) is 19.9. The maximum atomic E-state index is 12.1. The second-order valence-corrected chi connectivity index (χ2v) is 6.38. The number of imide groups is 1. The second kappa shape index (κ2) is 9.09. The molecule has 2 aromatic rings. The molecule has 1 heterocycles. The minimum atomic E-state index is -0.601. The highest BCUT2D eigenvalue weighted by molar-refractivity contribution is 6.01. The summed E-state index contributed by atoms with van der Waals surface area (Å²) >= 11 is 0. The van der Waals surface area contributed by atoms with Gasteiger partial charge in [-0.2, -0.15) is 0 Å². The van der Waals surface area contributed by atoms with E-state index in [-0.39, 0.29) is 6.54 Å². The molecule has 0 aliphatic carbocycles. The van der Waals surface area contributed by atoms with Gasteiger partial charge in [0.2, 0.25) is 5.91 Å². The molecule has 0 fully saturated rings. The summed E-state index contributed by atoms with van der Waals surface area (Å²) in [5.41, 5.74) is 1.52. The quantitative estimate of drug-likeness (QED) is 0.793. The lowest BCUT2D eigenvalue weighted by atomic mass is 10.2. The lowest BCUT2D eigenvalue weighted by molar-refractivity contribution is -0.120. The third kappa shape index (κ3) is 5.37. The predicted molar refractivity (Wildman–Crippen MR) is 104 cm³/mol. The van der Waals surface area contributed by atoms with Crippen LogP contribution in [0.5, 0.6) is 17.2 Å². The number of likely N-dealkylation sites (N-methyl/N-ethyl adjacent to an activating group) is 1. The van der Waals surface area contributed by atoms with Gasteiger partial charge in [0, 0.05) is 18.3 Å². The van der Waals surface area contributed by atoms with Crippen molar-refractivity contribution >= 4 is 17.6 Å². The molecule has 2 aromatic carbocycles. The Bertz CT molecular complexity index is 855. The van der Waals surface area contributed by atoms with Crippen LogP contribution in [0.25, 0.3) is 0 Å².